The number of methoxy groups -OCH3 is 1. The van der Waals surface area contributed by atoms with Crippen LogP contribution in [0, 0.1) is 0 Å². The molecular weight excluding hydrogens is 264 g/mol. The van der Waals surface area contributed by atoms with E-state index in [9.17, 15) is 13.6 Å². The van der Waals surface area contributed by atoms with Crippen molar-refractivity contribution in [2.45, 2.75) is 13.3 Å². The number of carbonyl (C=O) groups is 1. The largest absolute Gasteiger partial charge is 0.492 e. The number of nitrogens with two attached hydrogens (primary N) is 1. The average molecular weight is 279 g/mol. The molecule has 0 aliphatic carbocycles. The maximum atomic E-state index is 12.1. The highest BCUT2D eigenvalue weighted by Gasteiger charge is 2.21. The lowest BCUT2D eigenvalue weighted by Gasteiger charge is -2.05. The molecule has 0 aromatic carbocycles. The summed E-state index contributed by atoms with van der Waals surface area (Å²) in [5.41, 5.74) is 5.91. The minimum Gasteiger partial charge on any atom is -0.492 e. The highest BCUT2D eigenvalue weighted by Crippen LogP contribution is 2.42. The minimum atomic E-state index is -2.49. The van der Waals surface area contributed by atoms with Crippen molar-refractivity contribution < 1.29 is 18.3 Å². The molecular formula is C10H15F2N3O2S. The molecule has 0 saturated heterocycles. The van der Waals surface area contributed by atoms with Crippen LogP contribution in [0.5, 0.6) is 5.75 Å². The molecule has 0 unspecified atom stereocenters. The van der Waals surface area contributed by atoms with Crippen LogP contribution in [0.3, 0.4) is 0 Å². The number of ether oxygens (including phenoxy) is 1. The molecule has 102 valence electrons. The van der Waals surface area contributed by atoms with Crippen LogP contribution < -0.4 is 21.1 Å². The number of anilines is 2. The molecule has 0 aliphatic rings. The second kappa shape index (κ2) is 6.39. The third-order valence-electron chi connectivity index (χ3n) is 2.06. The van der Waals surface area contributed by atoms with Crippen LogP contribution in [0.2, 0.25) is 0 Å². The maximum Gasteiger partial charge on any atom is 0.263 e. The SMILES string of the molecule is CCNC(=O)c1sc(NCC(F)F)c(OC)c1N. The van der Waals surface area contributed by atoms with Gasteiger partial charge in [0.15, 0.2) is 5.75 Å². The summed E-state index contributed by atoms with van der Waals surface area (Å²) in [6.45, 7) is 1.71. The Morgan fingerprint density at radius 1 is 1.56 bits per heavy atom. The molecule has 5 nitrogen and oxygen atoms in total. The van der Waals surface area contributed by atoms with Crippen molar-refractivity contribution in [3.8, 4) is 5.75 Å². The number of alkyl halides is 2. The van der Waals surface area contributed by atoms with E-state index in [1.54, 1.807) is 6.92 Å². The molecule has 0 bridgehead atoms. The van der Waals surface area contributed by atoms with E-state index in [0.717, 1.165) is 11.3 Å². The molecule has 0 aliphatic heterocycles. The first-order chi connectivity index (χ1) is 8.51. The molecule has 0 atom stereocenters. The third-order valence-corrected chi connectivity index (χ3v) is 3.21. The van der Waals surface area contributed by atoms with Crippen LogP contribution in [0.4, 0.5) is 19.5 Å². The lowest BCUT2D eigenvalue weighted by molar-refractivity contribution is 0.0960. The van der Waals surface area contributed by atoms with Crippen molar-refractivity contribution in [2.24, 2.45) is 0 Å². The molecule has 1 aromatic rings. The van der Waals surface area contributed by atoms with Gasteiger partial charge in [0.1, 0.15) is 15.6 Å². The van der Waals surface area contributed by atoms with Crippen LogP contribution >= 0.6 is 11.3 Å². The monoisotopic (exact) mass is 279 g/mol. The average Bonchev–Trinajstić information content (AvgIpc) is 2.63. The second-order valence-electron chi connectivity index (χ2n) is 3.34. The molecule has 1 amide bonds. The highest BCUT2D eigenvalue weighted by atomic mass is 32.1. The predicted molar refractivity (Wildman–Crippen MR) is 67.8 cm³/mol. The van der Waals surface area contributed by atoms with E-state index in [-0.39, 0.29) is 22.2 Å². The Morgan fingerprint density at radius 3 is 2.72 bits per heavy atom. The first-order valence-corrected chi connectivity index (χ1v) is 6.09. The summed E-state index contributed by atoms with van der Waals surface area (Å²) in [6.07, 6.45) is -2.49. The fraction of sp³-hybridized carbons (Fsp3) is 0.500. The molecule has 0 spiro atoms. The van der Waals surface area contributed by atoms with E-state index in [0.29, 0.717) is 11.5 Å². The topological polar surface area (TPSA) is 76.4 Å². The summed E-state index contributed by atoms with van der Waals surface area (Å²) in [4.78, 5) is 11.9. The fourth-order valence-corrected chi connectivity index (χ4v) is 2.34. The number of carbonyl (C=O) groups excluding carboxylic acids is 1. The van der Waals surface area contributed by atoms with E-state index in [1.807, 2.05) is 0 Å². The summed E-state index contributed by atoms with van der Waals surface area (Å²) < 4.78 is 29.3. The highest BCUT2D eigenvalue weighted by molar-refractivity contribution is 7.19. The van der Waals surface area contributed by atoms with E-state index in [4.69, 9.17) is 10.5 Å². The summed E-state index contributed by atoms with van der Waals surface area (Å²) in [5, 5.41) is 5.43. The Bertz CT molecular complexity index is 424. The standard InChI is InChI=1S/C10H15F2N3O2S/c1-3-14-9(16)8-6(13)7(17-2)10(18-8)15-4-5(11)12/h5,15H,3-4,13H2,1-2H3,(H,14,16). The van der Waals surface area contributed by atoms with Crippen LogP contribution in [-0.4, -0.2) is 32.5 Å². The molecule has 0 saturated carbocycles. The van der Waals surface area contributed by atoms with Gasteiger partial charge in [-0.05, 0) is 6.92 Å². The fourth-order valence-electron chi connectivity index (χ4n) is 1.33. The lowest BCUT2D eigenvalue weighted by atomic mass is 10.3. The minimum absolute atomic E-state index is 0.158. The first kappa shape index (κ1) is 14.5. The number of nitrogen functional groups attached to an aromatic ring is 1. The molecule has 18 heavy (non-hydrogen) atoms. The number of thiophene rings is 1. The van der Waals surface area contributed by atoms with Crippen LogP contribution in [-0.2, 0) is 0 Å². The first-order valence-electron chi connectivity index (χ1n) is 5.27. The van der Waals surface area contributed by atoms with E-state index in [1.165, 1.54) is 7.11 Å². The zero-order valence-corrected chi connectivity index (χ0v) is 10.9. The molecule has 8 heteroatoms. The third kappa shape index (κ3) is 3.22. The Kier molecular flexibility index (Phi) is 5.14. The number of hydrogen-bond acceptors (Lipinski definition) is 5. The molecule has 1 rings (SSSR count). The zero-order chi connectivity index (χ0) is 13.7. The van der Waals surface area contributed by atoms with Gasteiger partial charge in [-0.15, -0.1) is 11.3 Å². The van der Waals surface area contributed by atoms with Gasteiger partial charge in [-0.25, -0.2) is 8.78 Å². The Labute approximate surface area is 107 Å². The summed E-state index contributed by atoms with van der Waals surface area (Å²) in [5.74, 6) is -0.120. The Hall–Kier alpha value is -1.57. The number of amides is 1. The molecule has 0 radical (unpaired) electrons. The van der Waals surface area contributed by atoms with E-state index >= 15 is 0 Å². The van der Waals surface area contributed by atoms with Crippen molar-refractivity contribution in [1.29, 1.82) is 0 Å². The van der Waals surface area contributed by atoms with Gasteiger partial charge < -0.3 is 21.1 Å². The Balaban J connectivity index is 2.97. The van der Waals surface area contributed by atoms with E-state index in [2.05, 4.69) is 10.6 Å². The van der Waals surface area contributed by atoms with Gasteiger partial charge in [0.2, 0.25) is 0 Å². The van der Waals surface area contributed by atoms with Crippen molar-refractivity contribution in [1.82, 2.24) is 5.32 Å². The van der Waals surface area contributed by atoms with Gasteiger partial charge in [0.25, 0.3) is 12.3 Å². The van der Waals surface area contributed by atoms with Gasteiger partial charge in [-0.3, -0.25) is 4.79 Å². The number of rotatable bonds is 6. The van der Waals surface area contributed by atoms with Crippen molar-refractivity contribution in [3.05, 3.63) is 4.88 Å². The van der Waals surface area contributed by atoms with Gasteiger partial charge in [0.05, 0.1) is 13.7 Å². The van der Waals surface area contributed by atoms with Gasteiger partial charge >= 0.3 is 0 Å². The van der Waals surface area contributed by atoms with Gasteiger partial charge in [-0.2, -0.15) is 0 Å². The second-order valence-corrected chi connectivity index (χ2v) is 4.36. The van der Waals surface area contributed by atoms with Crippen LogP contribution in [0.15, 0.2) is 0 Å². The number of halogens is 2. The maximum absolute atomic E-state index is 12.1. The molecule has 1 heterocycles. The van der Waals surface area contributed by atoms with Gasteiger partial charge in [0, 0.05) is 6.54 Å². The van der Waals surface area contributed by atoms with Crippen LogP contribution in [0.1, 0.15) is 16.6 Å². The van der Waals surface area contributed by atoms with E-state index < -0.39 is 13.0 Å². The molecule has 1 aromatic heterocycles. The molecule has 0 fully saturated rings. The van der Waals surface area contributed by atoms with Crippen molar-refractivity contribution in [3.63, 3.8) is 0 Å². The van der Waals surface area contributed by atoms with Crippen LogP contribution in [0.25, 0.3) is 0 Å². The van der Waals surface area contributed by atoms with Gasteiger partial charge in [-0.1, -0.05) is 0 Å². The zero-order valence-electron chi connectivity index (χ0n) is 10.0. The predicted octanol–water partition coefficient (Wildman–Crippen LogP) is 1.77. The lowest BCUT2D eigenvalue weighted by Crippen LogP contribution is -2.22. The van der Waals surface area contributed by atoms with Crippen molar-refractivity contribution in [2.75, 3.05) is 31.2 Å². The van der Waals surface area contributed by atoms with Crippen molar-refractivity contribution >= 4 is 27.9 Å². The molecule has 4 N–H and O–H groups in total. The smallest absolute Gasteiger partial charge is 0.263 e. The number of nitrogens with one attached hydrogen (secondary N) is 2. The summed E-state index contributed by atoms with van der Waals surface area (Å²) in [6, 6.07) is 0. The normalized spacial score (nSPS) is 10.5. The Morgan fingerprint density at radius 2 is 2.22 bits per heavy atom. The number of hydrogen-bond donors (Lipinski definition) is 3. The quantitative estimate of drug-likeness (QED) is 0.741. The summed E-state index contributed by atoms with van der Waals surface area (Å²) >= 11 is 0.994. The summed E-state index contributed by atoms with van der Waals surface area (Å²) in [7, 11) is 1.37.